The highest BCUT2D eigenvalue weighted by molar-refractivity contribution is 9.09. The first kappa shape index (κ1) is 14.6. The monoisotopic (exact) mass is 298 g/mol. The van der Waals surface area contributed by atoms with E-state index in [0.717, 1.165) is 17.7 Å². The van der Waals surface area contributed by atoms with E-state index >= 15 is 0 Å². The van der Waals surface area contributed by atoms with Crippen LogP contribution in [0.25, 0.3) is 0 Å². The summed E-state index contributed by atoms with van der Waals surface area (Å²) < 4.78 is 5.94. The SMILES string of the molecule is Cc1ccc(OCC(CBr)C(C)(C)C)c(C)c1. The van der Waals surface area contributed by atoms with E-state index < -0.39 is 0 Å². The van der Waals surface area contributed by atoms with Crippen LogP contribution < -0.4 is 4.74 Å². The van der Waals surface area contributed by atoms with Gasteiger partial charge in [-0.25, -0.2) is 0 Å². The number of ether oxygens (including phenoxy) is 1. The lowest BCUT2D eigenvalue weighted by molar-refractivity contribution is 0.165. The lowest BCUT2D eigenvalue weighted by Crippen LogP contribution is -2.28. The van der Waals surface area contributed by atoms with E-state index in [0.29, 0.717) is 5.92 Å². The zero-order valence-corrected chi connectivity index (χ0v) is 13.1. The number of benzene rings is 1. The number of aryl methyl sites for hydroxylation is 2. The highest BCUT2D eigenvalue weighted by Crippen LogP contribution is 2.29. The van der Waals surface area contributed by atoms with E-state index in [1.165, 1.54) is 11.1 Å². The third-order valence-electron chi connectivity index (χ3n) is 3.18. The van der Waals surface area contributed by atoms with Crippen LogP contribution in [0.1, 0.15) is 31.9 Å². The van der Waals surface area contributed by atoms with Gasteiger partial charge in [0, 0.05) is 11.2 Å². The van der Waals surface area contributed by atoms with E-state index in [1.807, 2.05) is 0 Å². The van der Waals surface area contributed by atoms with Gasteiger partial charge in [-0.2, -0.15) is 0 Å². The van der Waals surface area contributed by atoms with Gasteiger partial charge >= 0.3 is 0 Å². The third kappa shape index (κ3) is 4.34. The molecule has 96 valence electrons. The fourth-order valence-electron chi connectivity index (χ4n) is 1.68. The van der Waals surface area contributed by atoms with Crippen LogP contribution >= 0.6 is 15.9 Å². The number of hydrogen-bond acceptors (Lipinski definition) is 1. The van der Waals surface area contributed by atoms with E-state index in [4.69, 9.17) is 4.74 Å². The van der Waals surface area contributed by atoms with Crippen molar-refractivity contribution in [2.75, 3.05) is 11.9 Å². The van der Waals surface area contributed by atoms with Crippen LogP contribution in [0.4, 0.5) is 0 Å². The minimum atomic E-state index is 0.266. The molecule has 1 unspecified atom stereocenters. The van der Waals surface area contributed by atoms with Gasteiger partial charge in [0.2, 0.25) is 0 Å². The second-order valence-electron chi connectivity index (χ2n) is 5.80. The Kier molecular flexibility index (Phi) is 5.05. The Morgan fingerprint density at radius 2 is 1.88 bits per heavy atom. The molecular weight excluding hydrogens is 276 g/mol. The second-order valence-corrected chi connectivity index (χ2v) is 6.44. The van der Waals surface area contributed by atoms with Gasteiger partial charge in [-0.15, -0.1) is 0 Å². The summed E-state index contributed by atoms with van der Waals surface area (Å²) in [6.45, 7) is 11.7. The van der Waals surface area contributed by atoms with E-state index in [1.54, 1.807) is 0 Å². The molecule has 1 nitrogen and oxygen atoms in total. The number of alkyl halides is 1. The highest BCUT2D eigenvalue weighted by atomic mass is 79.9. The summed E-state index contributed by atoms with van der Waals surface area (Å²) in [5.74, 6) is 1.52. The maximum atomic E-state index is 5.94. The molecule has 17 heavy (non-hydrogen) atoms. The van der Waals surface area contributed by atoms with Gasteiger partial charge in [-0.05, 0) is 30.9 Å². The largest absolute Gasteiger partial charge is 0.493 e. The molecule has 1 aromatic rings. The van der Waals surface area contributed by atoms with Gasteiger partial charge in [0.25, 0.3) is 0 Å². The first-order valence-corrected chi connectivity index (χ1v) is 7.22. The lowest BCUT2D eigenvalue weighted by atomic mass is 9.83. The van der Waals surface area contributed by atoms with Gasteiger partial charge in [0.05, 0.1) is 6.61 Å². The molecule has 0 bridgehead atoms. The van der Waals surface area contributed by atoms with Crippen molar-refractivity contribution in [2.24, 2.45) is 11.3 Å². The van der Waals surface area contributed by atoms with Crippen LogP contribution in [0.5, 0.6) is 5.75 Å². The molecule has 0 aliphatic heterocycles. The molecule has 0 aliphatic rings. The van der Waals surface area contributed by atoms with Gasteiger partial charge in [-0.3, -0.25) is 0 Å². The van der Waals surface area contributed by atoms with Crippen LogP contribution in [0.15, 0.2) is 18.2 Å². The molecule has 0 amide bonds. The summed E-state index contributed by atoms with van der Waals surface area (Å²) in [6.07, 6.45) is 0. The zero-order chi connectivity index (χ0) is 13.1. The second kappa shape index (κ2) is 5.90. The first-order chi connectivity index (χ1) is 7.84. The number of rotatable bonds is 4. The Labute approximate surface area is 114 Å². The maximum Gasteiger partial charge on any atom is 0.122 e. The van der Waals surface area contributed by atoms with Crippen molar-refractivity contribution in [1.29, 1.82) is 0 Å². The summed E-state index contributed by atoms with van der Waals surface area (Å²) in [7, 11) is 0. The summed E-state index contributed by atoms with van der Waals surface area (Å²) in [5.41, 5.74) is 2.76. The fourth-order valence-corrected chi connectivity index (χ4v) is 2.84. The van der Waals surface area contributed by atoms with Crippen molar-refractivity contribution in [3.05, 3.63) is 29.3 Å². The van der Waals surface area contributed by atoms with Gasteiger partial charge in [-0.1, -0.05) is 54.4 Å². The summed E-state index contributed by atoms with van der Waals surface area (Å²) >= 11 is 3.58. The fraction of sp³-hybridized carbons (Fsp3) is 0.600. The van der Waals surface area contributed by atoms with Crippen molar-refractivity contribution >= 4 is 15.9 Å². The van der Waals surface area contributed by atoms with Gasteiger partial charge in [0.1, 0.15) is 5.75 Å². The quantitative estimate of drug-likeness (QED) is 0.730. The van der Waals surface area contributed by atoms with Crippen LogP contribution in [0.3, 0.4) is 0 Å². The standard InChI is InChI=1S/C15H23BrO/c1-11-6-7-14(12(2)8-11)17-10-13(9-16)15(3,4)5/h6-8,13H,9-10H2,1-5H3. The Bertz CT molecular complexity index is 366. The Hall–Kier alpha value is -0.500. The van der Waals surface area contributed by atoms with Crippen LogP contribution in [0, 0.1) is 25.2 Å². The molecule has 2 heteroatoms. The Morgan fingerprint density at radius 1 is 1.24 bits per heavy atom. The van der Waals surface area contributed by atoms with Crippen LogP contribution in [0.2, 0.25) is 0 Å². The van der Waals surface area contributed by atoms with Crippen molar-refractivity contribution in [3.8, 4) is 5.75 Å². The molecule has 0 aromatic heterocycles. The van der Waals surface area contributed by atoms with Crippen LogP contribution in [-0.4, -0.2) is 11.9 Å². The molecule has 0 fully saturated rings. The molecule has 0 spiro atoms. The molecule has 1 rings (SSSR count). The van der Waals surface area contributed by atoms with Crippen molar-refractivity contribution in [2.45, 2.75) is 34.6 Å². The van der Waals surface area contributed by atoms with Crippen molar-refractivity contribution in [1.82, 2.24) is 0 Å². The average molecular weight is 299 g/mol. The lowest BCUT2D eigenvalue weighted by Gasteiger charge is -2.29. The van der Waals surface area contributed by atoms with E-state index in [-0.39, 0.29) is 5.41 Å². The molecule has 0 saturated carbocycles. The number of halogens is 1. The van der Waals surface area contributed by atoms with Crippen molar-refractivity contribution in [3.63, 3.8) is 0 Å². The maximum absolute atomic E-state index is 5.94. The van der Waals surface area contributed by atoms with E-state index in [2.05, 4.69) is 68.7 Å². The average Bonchev–Trinajstić information content (AvgIpc) is 2.19. The molecule has 0 aliphatic carbocycles. The van der Waals surface area contributed by atoms with Gasteiger partial charge in [0.15, 0.2) is 0 Å². The van der Waals surface area contributed by atoms with Gasteiger partial charge < -0.3 is 4.74 Å². The molecule has 1 atom stereocenters. The minimum Gasteiger partial charge on any atom is -0.493 e. The zero-order valence-electron chi connectivity index (χ0n) is 11.5. The molecular formula is C15H23BrO. The first-order valence-electron chi connectivity index (χ1n) is 6.10. The minimum absolute atomic E-state index is 0.266. The van der Waals surface area contributed by atoms with E-state index in [9.17, 15) is 0 Å². The van der Waals surface area contributed by atoms with Crippen LogP contribution in [-0.2, 0) is 0 Å². The topological polar surface area (TPSA) is 9.23 Å². The smallest absolute Gasteiger partial charge is 0.122 e. The predicted molar refractivity (Wildman–Crippen MR) is 78.2 cm³/mol. The summed E-state index contributed by atoms with van der Waals surface area (Å²) in [6, 6.07) is 6.33. The Morgan fingerprint density at radius 3 is 2.35 bits per heavy atom. The molecule has 0 N–H and O–H groups in total. The molecule has 0 radical (unpaired) electrons. The summed E-state index contributed by atoms with van der Waals surface area (Å²) in [4.78, 5) is 0. The Balaban J connectivity index is 2.66. The molecule has 1 aromatic carbocycles. The predicted octanol–water partition coefficient (Wildman–Crippen LogP) is 4.74. The third-order valence-corrected chi connectivity index (χ3v) is 3.96. The molecule has 0 heterocycles. The number of hydrogen-bond donors (Lipinski definition) is 0. The van der Waals surface area contributed by atoms with Crippen molar-refractivity contribution < 1.29 is 4.74 Å². The summed E-state index contributed by atoms with van der Waals surface area (Å²) in [5, 5.41) is 0.974. The molecule has 0 saturated heterocycles. The highest BCUT2D eigenvalue weighted by Gasteiger charge is 2.24. The normalized spacial score (nSPS) is 13.5.